The van der Waals surface area contributed by atoms with Crippen molar-refractivity contribution < 1.29 is 0 Å². The highest BCUT2D eigenvalue weighted by Crippen LogP contribution is 2.19. The third-order valence-electron chi connectivity index (χ3n) is 2.67. The van der Waals surface area contributed by atoms with Gasteiger partial charge in [0.25, 0.3) is 0 Å². The number of nitrogens with zero attached hydrogens (tertiary/aromatic N) is 2. The summed E-state index contributed by atoms with van der Waals surface area (Å²) in [6.07, 6.45) is 5.68. The molecule has 0 aliphatic carbocycles. The Morgan fingerprint density at radius 1 is 1.62 bits per heavy atom. The van der Waals surface area contributed by atoms with Gasteiger partial charge in [-0.1, -0.05) is 6.07 Å². The van der Waals surface area contributed by atoms with Gasteiger partial charge in [0, 0.05) is 18.1 Å². The van der Waals surface area contributed by atoms with Gasteiger partial charge < -0.3 is 4.57 Å². The third-order valence-corrected chi connectivity index (χ3v) is 3.61. The van der Waals surface area contributed by atoms with E-state index < -0.39 is 0 Å². The molecule has 4 nitrogen and oxygen atoms in total. The molecule has 0 radical (unpaired) electrons. The minimum Gasteiger partial charge on any atom is -0.336 e. The molecule has 3 N–H and O–H groups in total. The largest absolute Gasteiger partial charge is 0.336 e. The Balaban J connectivity index is 1.99. The topological polar surface area (TPSA) is 55.9 Å². The van der Waals surface area contributed by atoms with E-state index in [2.05, 4.69) is 27.9 Å². The number of nitrogens with one attached hydrogen (secondary N) is 1. The van der Waals surface area contributed by atoms with E-state index in [1.807, 2.05) is 17.8 Å². The van der Waals surface area contributed by atoms with Crippen molar-refractivity contribution in [2.45, 2.75) is 18.9 Å². The van der Waals surface area contributed by atoms with Gasteiger partial charge in [-0.25, -0.2) is 4.98 Å². The van der Waals surface area contributed by atoms with Gasteiger partial charge in [0.1, 0.15) is 0 Å². The molecule has 0 spiro atoms. The number of hydrazine groups is 1. The number of aryl methyl sites for hydroxylation is 2. The Morgan fingerprint density at radius 3 is 3.06 bits per heavy atom. The van der Waals surface area contributed by atoms with Gasteiger partial charge in [-0.15, -0.1) is 11.3 Å². The normalized spacial score (nSPS) is 12.9. The summed E-state index contributed by atoms with van der Waals surface area (Å²) in [4.78, 5) is 5.50. The summed E-state index contributed by atoms with van der Waals surface area (Å²) in [7, 11) is 1.98. The molecule has 2 heterocycles. The van der Waals surface area contributed by atoms with Crippen LogP contribution in [0.2, 0.25) is 0 Å². The molecule has 0 aromatic carbocycles. The first kappa shape index (κ1) is 11.3. The summed E-state index contributed by atoms with van der Waals surface area (Å²) in [5.74, 6) is 5.58. The molecule has 0 aliphatic heterocycles. The molecule has 0 saturated heterocycles. The van der Waals surface area contributed by atoms with E-state index in [1.54, 1.807) is 17.7 Å². The Hall–Kier alpha value is -1.17. The lowest BCUT2D eigenvalue weighted by Crippen LogP contribution is -2.29. The van der Waals surface area contributed by atoms with Crippen LogP contribution in [-0.2, 0) is 13.5 Å². The van der Waals surface area contributed by atoms with Gasteiger partial charge in [-0.05, 0) is 24.3 Å². The number of aromatic nitrogens is 2. The minimum atomic E-state index is 0.162. The zero-order chi connectivity index (χ0) is 11.4. The maximum atomic E-state index is 5.58. The van der Waals surface area contributed by atoms with Crippen LogP contribution in [0.4, 0.5) is 0 Å². The van der Waals surface area contributed by atoms with E-state index in [1.165, 1.54) is 4.88 Å². The smallest absolute Gasteiger partial charge is 0.0946 e. The second kappa shape index (κ2) is 5.25. The molecular weight excluding hydrogens is 220 g/mol. The molecule has 16 heavy (non-hydrogen) atoms. The van der Waals surface area contributed by atoms with Gasteiger partial charge in [0.2, 0.25) is 0 Å². The fourth-order valence-corrected chi connectivity index (χ4v) is 2.49. The van der Waals surface area contributed by atoms with E-state index >= 15 is 0 Å². The zero-order valence-corrected chi connectivity index (χ0v) is 10.1. The second-order valence-electron chi connectivity index (χ2n) is 3.77. The molecule has 1 unspecified atom stereocenters. The van der Waals surface area contributed by atoms with Crippen molar-refractivity contribution in [3.8, 4) is 0 Å². The van der Waals surface area contributed by atoms with Crippen LogP contribution in [-0.4, -0.2) is 9.55 Å². The first-order valence-electron chi connectivity index (χ1n) is 5.26. The van der Waals surface area contributed by atoms with Crippen LogP contribution in [0, 0.1) is 0 Å². The molecule has 86 valence electrons. The van der Waals surface area contributed by atoms with Gasteiger partial charge in [0.15, 0.2) is 0 Å². The lowest BCUT2D eigenvalue weighted by Gasteiger charge is -2.15. The number of nitrogens with two attached hydrogens (primary N) is 1. The maximum Gasteiger partial charge on any atom is 0.0946 e. The average molecular weight is 236 g/mol. The van der Waals surface area contributed by atoms with Crippen LogP contribution in [0.1, 0.15) is 23.0 Å². The van der Waals surface area contributed by atoms with Crippen molar-refractivity contribution in [1.29, 1.82) is 0 Å². The highest BCUT2D eigenvalue weighted by molar-refractivity contribution is 7.09. The van der Waals surface area contributed by atoms with E-state index in [-0.39, 0.29) is 6.04 Å². The van der Waals surface area contributed by atoms with E-state index in [0.29, 0.717) is 0 Å². The van der Waals surface area contributed by atoms with Gasteiger partial charge in [-0.3, -0.25) is 11.3 Å². The Bertz CT molecular complexity index is 421. The van der Waals surface area contributed by atoms with Crippen molar-refractivity contribution in [3.05, 3.63) is 40.6 Å². The average Bonchev–Trinajstić information content (AvgIpc) is 2.92. The molecule has 0 bridgehead atoms. The SMILES string of the molecule is Cn1cncc1C(CCc1cccs1)NN. The second-order valence-corrected chi connectivity index (χ2v) is 4.80. The van der Waals surface area contributed by atoms with Crippen LogP contribution >= 0.6 is 11.3 Å². The van der Waals surface area contributed by atoms with Crippen LogP contribution in [0.25, 0.3) is 0 Å². The standard InChI is InChI=1S/C11H16N4S/c1-15-8-13-7-11(15)10(14-12)5-4-9-3-2-6-16-9/h2-3,6-8,10,14H,4-5,12H2,1H3. The van der Waals surface area contributed by atoms with Crippen LogP contribution < -0.4 is 11.3 Å². The van der Waals surface area contributed by atoms with E-state index in [0.717, 1.165) is 18.5 Å². The lowest BCUT2D eigenvalue weighted by molar-refractivity contribution is 0.492. The molecule has 0 saturated carbocycles. The van der Waals surface area contributed by atoms with Crippen LogP contribution in [0.3, 0.4) is 0 Å². The number of rotatable bonds is 5. The van der Waals surface area contributed by atoms with Gasteiger partial charge in [0.05, 0.1) is 18.1 Å². The van der Waals surface area contributed by atoms with Crippen LogP contribution in [0.5, 0.6) is 0 Å². The summed E-state index contributed by atoms with van der Waals surface area (Å²) < 4.78 is 2.00. The quantitative estimate of drug-likeness (QED) is 0.612. The molecule has 0 aliphatic rings. The molecule has 2 rings (SSSR count). The number of thiophene rings is 1. The fraction of sp³-hybridized carbons (Fsp3) is 0.364. The van der Waals surface area contributed by atoms with Crippen LogP contribution in [0.15, 0.2) is 30.0 Å². The Morgan fingerprint density at radius 2 is 2.50 bits per heavy atom. The fourth-order valence-electron chi connectivity index (χ4n) is 1.76. The molecule has 2 aromatic rings. The molecule has 5 heteroatoms. The number of hydrogen-bond donors (Lipinski definition) is 2. The summed E-state index contributed by atoms with van der Waals surface area (Å²) in [5.41, 5.74) is 3.98. The van der Waals surface area contributed by atoms with E-state index in [4.69, 9.17) is 5.84 Å². The van der Waals surface area contributed by atoms with Crippen molar-refractivity contribution in [3.63, 3.8) is 0 Å². The van der Waals surface area contributed by atoms with E-state index in [9.17, 15) is 0 Å². The van der Waals surface area contributed by atoms with Crippen molar-refractivity contribution in [2.75, 3.05) is 0 Å². The predicted molar refractivity (Wildman–Crippen MR) is 65.9 cm³/mol. The molecule has 0 fully saturated rings. The monoisotopic (exact) mass is 236 g/mol. The van der Waals surface area contributed by atoms with Crippen molar-refractivity contribution in [2.24, 2.45) is 12.9 Å². The lowest BCUT2D eigenvalue weighted by atomic mass is 10.1. The highest BCUT2D eigenvalue weighted by atomic mass is 32.1. The summed E-state index contributed by atoms with van der Waals surface area (Å²) >= 11 is 1.79. The molecule has 2 aromatic heterocycles. The maximum absolute atomic E-state index is 5.58. The summed E-state index contributed by atoms with van der Waals surface area (Å²) in [6, 6.07) is 4.39. The Kier molecular flexibility index (Phi) is 3.71. The van der Waals surface area contributed by atoms with Crippen molar-refractivity contribution >= 4 is 11.3 Å². The highest BCUT2D eigenvalue weighted by Gasteiger charge is 2.13. The first-order valence-corrected chi connectivity index (χ1v) is 6.14. The number of hydrogen-bond acceptors (Lipinski definition) is 4. The molecule has 1 atom stereocenters. The molecular formula is C11H16N4S. The predicted octanol–water partition coefficient (Wildman–Crippen LogP) is 1.62. The van der Waals surface area contributed by atoms with Gasteiger partial charge in [-0.2, -0.15) is 0 Å². The first-order chi connectivity index (χ1) is 7.81. The van der Waals surface area contributed by atoms with Crippen molar-refractivity contribution in [1.82, 2.24) is 15.0 Å². The van der Waals surface area contributed by atoms with Gasteiger partial charge >= 0.3 is 0 Å². The minimum absolute atomic E-state index is 0.162. The zero-order valence-electron chi connectivity index (χ0n) is 9.26. The summed E-state index contributed by atoms with van der Waals surface area (Å²) in [6.45, 7) is 0. The summed E-state index contributed by atoms with van der Waals surface area (Å²) in [5, 5.41) is 2.10. The Labute approximate surface area is 99.1 Å². The molecule has 0 amide bonds. The third kappa shape index (κ3) is 2.49. The number of imidazole rings is 1.